The average molecular weight is 248 g/mol. The van der Waals surface area contributed by atoms with Crippen molar-refractivity contribution < 1.29 is 13.9 Å². The van der Waals surface area contributed by atoms with Crippen LogP contribution in [0.5, 0.6) is 0 Å². The molecule has 0 atom stereocenters. The summed E-state index contributed by atoms with van der Waals surface area (Å²) in [6, 6.07) is 5.28. The molecular formula is C13H13FN2O2. The average Bonchev–Trinajstić information content (AvgIpc) is 2.40. The van der Waals surface area contributed by atoms with Gasteiger partial charge in [-0.05, 0) is 36.3 Å². The smallest absolute Gasteiger partial charge is 0.271 e. The van der Waals surface area contributed by atoms with Gasteiger partial charge in [0.15, 0.2) is 0 Å². The second-order valence-electron chi connectivity index (χ2n) is 3.83. The van der Waals surface area contributed by atoms with Crippen molar-refractivity contribution in [2.24, 2.45) is 5.10 Å². The SMILES string of the molecule is O=C(N/N=C/C1=CCCOC1)c1ccc(F)cc1. The molecule has 1 N–H and O–H groups in total. The summed E-state index contributed by atoms with van der Waals surface area (Å²) in [7, 11) is 0. The largest absolute Gasteiger partial charge is 0.376 e. The van der Waals surface area contributed by atoms with E-state index in [1.807, 2.05) is 6.08 Å². The molecule has 0 bridgehead atoms. The zero-order valence-corrected chi connectivity index (χ0v) is 9.73. The number of halogens is 1. The van der Waals surface area contributed by atoms with E-state index in [2.05, 4.69) is 10.5 Å². The maximum absolute atomic E-state index is 12.7. The van der Waals surface area contributed by atoms with Crippen molar-refractivity contribution in [1.82, 2.24) is 5.43 Å². The molecule has 1 aliphatic heterocycles. The lowest BCUT2D eigenvalue weighted by atomic mass is 10.2. The number of hydrogen-bond acceptors (Lipinski definition) is 3. The molecule has 18 heavy (non-hydrogen) atoms. The maximum atomic E-state index is 12.7. The van der Waals surface area contributed by atoms with Gasteiger partial charge in [0.1, 0.15) is 5.82 Å². The van der Waals surface area contributed by atoms with Crippen LogP contribution < -0.4 is 5.43 Å². The van der Waals surface area contributed by atoms with Crippen LogP contribution in [0.15, 0.2) is 41.0 Å². The number of amides is 1. The third kappa shape index (κ3) is 3.49. The van der Waals surface area contributed by atoms with E-state index in [1.165, 1.54) is 24.3 Å². The first-order chi connectivity index (χ1) is 8.75. The molecule has 0 unspecified atom stereocenters. The van der Waals surface area contributed by atoms with Crippen LogP contribution in [0.2, 0.25) is 0 Å². The fraction of sp³-hybridized carbons (Fsp3) is 0.231. The van der Waals surface area contributed by atoms with Gasteiger partial charge in [-0.1, -0.05) is 6.08 Å². The molecule has 2 rings (SSSR count). The molecule has 0 spiro atoms. The van der Waals surface area contributed by atoms with Crippen molar-refractivity contribution in [1.29, 1.82) is 0 Å². The van der Waals surface area contributed by atoms with Crippen LogP contribution in [0.25, 0.3) is 0 Å². The van der Waals surface area contributed by atoms with E-state index >= 15 is 0 Å². The Kier molecular flexibility index (Phi) is 4.20. The van der Waals surface area contributed by atoms with E-state index in [-0.39, 0.29) is 11.7 Å². The van der Waals surface area contributed by atoms with Gasteiger partial charge in [-0.25, -0.2) is 9.82 Å². The number of rotatable bonds is 3. The van der Waals surface area contributed by atoms with E-state index in [4.69, 9.17) is 4.74 Å². The van der Waals surface area contributed by atoms with Gasteiger partial charge in [-0.15, -0.1) is 0 Å². The number of benzene rings is 1. The van der Waals surface area contributed by atoms with E-state index in [0.29, 0.717) is 12.2 Å². The summed E-state index contributed by atoms with van der Waals surface area (Å²) in [5.41, 5.74) is 3.67. The first kappa shape index (κ1) is 12.4. The van der Waals surface area contributed by atoms with E-state index in [9.17, 15) is 9.18 Å². The summed E-state index contributed by atoms with van der Waals surface area (Å²) in [5, 5.41) is 3.83. The minimum Gasteiger partial charge on any atom is -0.376 e. The molecule has 0 aromatic heterocycles. The number of nitrogens with one attached hydrogen (secondary N) is 1. The number of ether oxygens (including phenoxy) is 1. The minimum absolute atomic E-state index is 0.363. The topological polar surface area (TPSA) is 50.7 Å². The lowest BCUT2D eigenvalue weighted by Crippen LogP contribution is -2.18. The summed E-state index contributed by atoms with van der Waals surface area (Å²) < 4.78 is 17.9. The summed E-state index contributed by atoms with van der Waals surface area (Å²) in [5.74, 6) is -0.747. The van der Waals surface area contributed by atoms with Gasteiger partial charge in [0.25, 0.3) is 5.91 Å². The number of hydrogen-bond donors (Lipinski definition) is 1. The summed E-state index contributed by atoms with van der Waals surface area (Å²) in [4.78, 5) is 11.6. The van der Waals surface area contributed by atoms with Crippen molar-refractivity contribution in [2.45, 2.75) is 6.42 Å². The highest BCUT2D eigenvalue weighted by atomic mass is 19.1. The van der Waals surface area contributed by atoms with Gasteiger partial charge in [0.2, 0.25) is 0 Å². The van der Waals surface area contributed by atoms with Crippen LogP contribution in [0.1, 0.15) is 16.8 Å². The molecule has 1 heterocycles. The minimum atomic E-state index is -0.375. The molecule has 0 radical (unpaired) electrons. The van der Waals surface area contributed by atoms with Crippen LogP contribution in [-0.4, -0.2) is 25.3 Å². The van der Waals surface area contributed by atoms with Crippen molar-refractivity contribution in [3.05, 3.63) is 47.3 Å². The van der Waals surface area contributed by atoms with Crippen LogP contribution >= 0.6 is 0 Å². The summed E-state index contributed by atoms with van der Waals surface area (Å²) in [6.07, 6.45) is 4.42. The molecule has 1 aromatic rings. The highest BCUT2D eigenvalue weighted by molar-refractivity contribution is 5.94. The molecule has 0 saturated carbocycles. The molecule has 5 heteroatoms. The first-order valence-corrected chi connectivity index (χ1v) is 5.61. The Morgan fingerprint density at radius 2 is 2.17 bits per heavy atom. The zero-order chi connectivity index (χ0) is 12.8. The van der Waals surface area contributed by atoms with Crippen molar-refractivity contribution in [3.63, 3.8) is 0 Å². The second kappa shape index (κ2) is 6.07. The standard InChI is InChI=1S/C13H13FN2O2/c14-12-5-3-11(4-6-12)13(17)16-15-8-10-2-1-7-18-9-10/h2-6,8H,1,7,9H2,(H,16,17)/b15-8+. The fourth-order valence-electron chi connectivity index (χ4n) is 1.51. The number of carbonyl (C=O) groups excluding carboxylic acids is 1. The highest BCUT2D eigenvalue weighted by Crippen LogP contribution is 2.04. The van der Waals surface area contributed by atoms with Crippen LogP contribution in [0, 0.1) is 5.82 Å². The predicted octanol–water partition coefficient (Wildman–Crippen LogP) is 1.89. The lowest BCUT2D eigenvalue weighted by molar-refractivity contribution is 0.0955. The van der Waals surface area contributed by atoms with Crippen molar-refractivity contribution in [2.75, 3.05) is 13.2 Å². The molecule has 0 fully saturated rings. The third-order valence-electron chi connectivity index (χ3n) is 2.44. The van der Waals surface area contributed by atoms with Crippen molar-refractivity contribution >= 4 is 12.1 Å². The van der Waals surface area contributed by atoms with Crippen LogP contribution in [-0.2, 0) is 4.74 Å². The van der Waals surface area contributed by atoms with Gasteiger partial charge in [0, 0.05) is 5.56 Å². The molecule has 1 aromatic carbocycles. The van der Waals surface area contributed by atoms with Gasteiger partial charge >= 0.3 is 0 Å². The molecule has 94 valence electrons. The zero-order valence-electron chi connectivity index (χ0n) is 9.73. The van der Waals surface area contributed by atoms with Gasteiger partial charge in [-0.2, -0.15) is 5.10 Å². The second-order valence-corrected chi connectivity index (χ2v) is 3.83. The fourth-order valence-corrected chi connectivity index (χ4v) is 1.51. The normalized spacial score (nSPS) is 15.5. The number of carbonyl (C=O) groups is 1. The Labute approximate surface area is 104 Å². The lowest BCUT2D eigenvalue weighted by Gasteiger charge is -2.09. The predicted molar refractivity (Wildman–Crippen MR) is 65.9 cm³/mol. The molecule has 0 saturated heterocycles. The molecular weight excluding hydrogens is 235 g/mol. The quantitative estimate of drug-likeness (QED) is 0.656. The molecule has 0 aliphatic carbocycles. The van der Waals surface area contributed by atoms with Crippen LogP contribution in [0.3, 0.4) is 0 Å². The Bertz CT molecular complexity index is 480. The van der Waals surface area contributed by atoms with Gasteiger partial charge in [-0.3, -0.25) is 4.79 Å². The van der Waals surface area contributed by atoms with E-state index in [0.717, 1.165) is 18.6 Å². The van der Waals surface area contributed by atoms with Crippen molar-refractivity contribution in [3.8, 4) is 0 Å². The summed E-state index contributed by atoms with van der Waals surface area (Å²) >= 11 is 0. The Morgan fingerprint density at radius 3 is 2.83 bits per heavy atom. The van der Waals surface area contributed by atoms with Gasteiger partial charge in [0.05, 0.1) is 19.4 Å². The first-order valence-electron chi connectivity index (χ1n) is 5.61. The Morgan fingerprint density at radius 1 is 1.39 bits per heavy atom. The number of hydrazone groups is 1. The molecule has 1 amide bonds. The Balaban J connectivity index is 1.89. The number of nitrogens with zero attached hydrogens (tertiary/aromatic N) is 1. The summed E-state index contributed by atoms with van der Waals surface area (Å²) in [6.45, 7) is 1.23. The maximum Gasteiger partial charge on any atom is 0.271 e. The monoisotopic (exact) mass is 248 g/mol. The molecule has 1 aliphatic rings. The highest BCUT2D eigenvalue weighted by Gasteiger charge is 2.04. The van der Waals surface area contributed by atoms with Gasteiger partial charge < -0.3 is 4.74 Å². The van der Waals surface area contributed by atoms with Crippen LogP contribution in [0.4, 0.5) is 4.39 Å². The third-order valence-corrected chi connectivity index (χ3v) is 2.44. The molecule has 4 nitrogen and oxygen atoms in total. The van der Waals surface area contributed by atoms with E-state index < -0.39 is 0 Å². The van der Waals surface area contributed by atoms with E-state index in [1.54, 1.807) is 6.21 Å². The Hall–Kier alpha value is -2.01.